The second kappa shape index (κ2) is 10.7. The van der Waals surface area contributed by atoms with Gasteiger partial charge in [0.2, 0.25) is 5.95 Å². The van der Waals surface area contributed by atoms with Crippen LogP contribution in [0, 0.1) is 0 Å². The largest absolute Gasteiger partial charge is 0.377 e. The third kappa shape index (κ3) is 5.63. The number of methoxy groups -OCH3 is 1. The fourth-order valence-electron chi connectivity index (χ4n) is 4.97. The number of aromatic nitrogens is 2. The smallest absolute Gasteiger partial charge is 0.290 e. The number of imide groups is 1. The van der Waals surface area contributed by atoms with Gasteiger partial charge >= 0.3 is 0 Å². The van der Waals surface area contributed by atoms with Crippen LogP contribution in [0.3, 0.4) is 0 Å². The van der Waals surface area contributed by atoms with Gasteiger partial charge in [0.1, 0.15) is 0 Å². The molecule has 3 aliphatic rings. The van der Waals surface area contributed by atoms with E-state index >= 15 is 0 Å². The van der Waals surface area contributed by atoms with Crippen molar-refractivity contribution in [2.24, 2.45) is 0 Å². The van der Waals surface area contributed by atoms with Crippen molar-refractivity contribution in [1.29, 1.82) is 0 Å². The quantitative estimate of drug-likeness (QED) is 0.500. The number of benzene rings is 1. The fourth-order valence-corrected chi connectivity index (χ4v) is 5.64. The number of thioether (sulfide) groups is 1. The number of fused-ring (bicyclic) bond motifs is 1. The zero-order valence-corrected chi connectivity index (χ0v) is 20.4. The molecular formula is C26H29N5O3S. The monoisotopic (exact) mass is 491 g/mol. The number of rotatable bonds is 7. The second-order valence-corrected chi connectivity index (χ2v) is 10.1. The maximum Gasteiger partial charge on any atom is 0.290 e. The van der Waals surface area contributed by atoms with Gasteiger partial charge in [-0.25, -0.2) is 9.97 Å². The first-order valence-corrected chi connectivity index (χ1v) is 12.8. The van der Waals surface area contributed by atoms with Crippen LogP contribution in [0.15, 0.2) is 47.5 Å². The molecule has 2 unspecified atom stereocenters. The molecular weight excluding hydrogens is 462 g/mol. The van der Waals surface area contributed by atoms with Crippen molar-refractivity contribution < 1.29 is 14.3 Å². The number of anilines is 1. The molecule has 2 fully saturated rings. The van der Waals surface area contributed by atoms with Crippen molar-refractivity contribution in [3.8, 4) is 0 Å². The van der Waals surface area contributed by atoms with Crippen molar-refractivity contribution >= 4 is 41.0 Å². The summed E-state index contributed by atoms with van der Waals surface area (Å²) < 4.78 is 5.75. The molecule has 9 heteroatoms. The minimum absolute atomic E-state index is 0.0848. The van der Waals surface area contributed by atoms with E-state index in [1.165, 1.54) is 11.1 Å². The van der Waals surface area contributed by atoms with E-state index in [1.807, 2.05) is 0 Å². The van der Waals surface area contributed by atoms with Gasteiger partial charge in [0.05, 0.1) is 16.7 Å². The first-order valence-electron chi connectivity index (χ1n) is 12.0. The van der Waals surface area contributed by atoms with Gasteiger partial charge in [-0.3, -0.25) is 14.9 Å². The summed E-state index contributed by atoms with van der Waals surface area (Å²) in [5.74, 6) is 0.459. The van der Waals surface area contributed by atoms with E-state index in [-0.39, 0.29) is 17.3 Å². The van der Waals surface area contributed by atoms with Crippen LogP contribution in [0.5, 0.6) is 0 Å². The lowest BCUT2D eigenvalue weighted by Crippen LogP contribution is -2.41. The Bertz CT molecular complexity index is 1160. The molecule has 35 heavy (non-hydrogen) atoms. The minimum Gasteiger partial charge on any atom is -0.377 e. The van der Waals surface area contributed by atoms with Crippen LogP contribution >= 0.6 is 11.8 Å². The molecule has 3 N–H and O–H groups in total. The van der Waals surface area contributed by atoms with Crippen molar-refractivity contribution in [2.45, 2.75) is 49.8 Å². The van der Waals surface area contributed by atoms with Crippen LogP contribution in [0.2, 0.25) is 0 Å². The topological polar surface area (TPSA) is 105 Å². The van der Waals surface area contributed by atoms with Gasteiger partial charge in [-0.1, -0.05) is 36.4 Å². The van der Waals surface area contributed by atoms with Crippen LogP contribution in [-0.2, 0) is 9.53 Å². The van der Waals surface area contributed by atoms with Gasteiger partial charge in [-0.15, -0.1) is 0 Å². The highest BCUT2D eigenvalue weighted by atomic mass is 32.2. The first-order chi connectivity index (χ1) is 17.1. The van der Waals surface area contributed by atoms with Gasteiger partial charge in [0, 0.05) is 37.9 Å². The van der Waals surface area contributed by atoms with Gasteiger partial charge in [-0.2, -0.15) is 0 Å². The van der Waals surface area contributed by atoms with E-state index in [0.29, 0.717) is 34.5 Å². The molecule has 1 saturated heterocycles. The zero-order chi connectivity index (χ0) is 24.2. The molecule has 1 aromatic heterocycles. The molecule has 2 heterocycles. The summed E-state index contributed by atoms with van der Waals surface area (Å²) in [5, 5.41) is 9.12. The number of nitrogens with one attached hydrogen (secondary N) is 3. The Labute approximate surface area is 209 Å². The van der Waals surface area contributed by atoms with Gasteiger partial charge < -0.3 is 15.4 Å². The van der Waals surface area contributed by atoms with Crippen molar-refractivity contribution in [3.05, 3.63) is 64.3 Å². The zero-order valence-electron chi connectivity index (χ0n) is 19.6. The van der Waals surface area contributed by atoms with Gasteiger partial charge in [0.25, 0.3) is 11.1 Å². The molecule has 1 aromatic carbocycles. The number of amides is 2. The molecule has 8 nitrogen and oxygen atoms in total. The summed E-state index contributed by atoms with van der Waals surface area (Å²) in [7, 11) is 1.78. The fraction of sp³-hybridized carbons (Fsp3) is 0.385. The number of carbonyl (C=O) groups is 2. The maximum atomic E-state index is 11.8. The highest BCUT2D eigenvalue weighted by Crippen LogP contribution is 2.32. The SMILES string of the molecule is COC1C=Cc2ccccc2C1CN[C@H]1CC[C@H](Nc2nccc(/C=C3\SC(=O)NC3=O)n2)CC1. The van der Waals surface area contributed by atoms with E-state index in [4.69, 9.17) is 4.74 Å². The number of nitrogens with zero attached hydrogens (tertiary/aromatic N) is 2. The Kier molecular flexibility index (Phi) is 7.26. The Morgan fingerprint density at radius 1 is 1.14 bits per heavy atom. The predicted molar refractivity (Wildman–Crippen MR) is 138 cm³/mol. The third-order valence-electron chi connectivity index (χ3n) is 6.81. The Balaban J connectivity index is 1.13. The van der Waals surface area contributed by atoms with Crippen LogP contribution in [0.1, 0.15) is 48.4 Å². The lowest BCUT2D eigenvalue weighted by atomic mass is 9.84. The lowest BCUT2D eigenvalue weighted by Gasteiger charge is -2.33. The van der Waals surface area contributed by atoms with E-state index in [0.717, 1.165) is 44.0 Å². The number of ether oxygens (including phenoxy) is 1. The van der Waals surface area contributed by atoms with E-state index in [1.54, 1.807) is 25.4 Å². The molecule has 182 valence electrons. The average Bonchev–Trinajstić information content (AvgIpc) is 3.19. The molecule has 0 radical (unpaired) electrons. The minimum atomic E-state index is -0.386. The van der Waals surface area contributed by atoms with Gasteiger partial charge in [-0.05, 0) is 60.7 Å². The highest BCUT2D eigenvalue weighted by molar-refractivity contribution is 8.18. The summed E-state index contributed by atoms with van der Waals surface area (Å²) in [6.45, 7) is 0.885. The number of hydrogen-bond acceptors (Lipinski definition) is 8. The van der Waals surface area contributed by atoms with Crippen LogP contribution < -0.4 is 16.0 Å². The molecule has 2 atom stereocenters. The van der Waals surface area contributed by atoms with E-state index < -0.39 is 0 Å². The molecule has 0 spiro atoms. The van der Waals surface area contributed by atoms with Crippen molar-refractivity contribution in [3.63, 3.8) is 0 Å². The molecule has 0 bridgehead atoms. The molecule has 1 aliphatic heterocycles. The first kappa shape index (κ1) is 23.7. The van der Waals surface area contributed by atoms with Gasteiger partial charge in [0.15, 0.2) is 0 Å². The summed E-state index contributed by atoms with van der Waals surface area (Å²) >= 11 is 0.885. The van der Waals surface area contributed by atoms with E-state index in [9.17, 15) is 9.59 Å². The summed E-state index contributed by atoms with van der Waals surface area (Å²) in [4.78, 5) is 32.3. The lowest BCUT2D eigenvalue weighted by molar-refractivity contribution is -0.115. The predicted octanol–water partition coefficient (Wildman–Crippen LogP) is 3.94. The second-order valence-electron chi connectivity index (χ2n) is 9.05. The Morgan fingerprint density at radius 2 is 1.94 bits per heavy atom. The molecule has 2 amide bonds. The van der Waals surface area contributed by atoms with E-state index in [2.05, 4.69) is 62.3 Å². The molecule has 2 aromatic rings. The standard InChI is InChI=1S/C26H29N5O3S/c1-34-22-11-6-16-4-2-3-5-20(16)21(22)15-28-17-7-9-18(10-8-17)29-25-27-13-12-19(30-25)14-23-24(32)31-26(33)35-23/h2-6,11-14,17-18,21-22,28H,7-10,15H2,1H3,(H,27,29,30)(H,31,32,33)/b23-14-/t17-,18-,21?,22?. The van der Waals surface area contributed by atoms with Crippen LogP contribution in [-0.4, -0.2) is 53.0 Å². The Hall–Kier alpha value is -3.01. The summed E-state index contributed by atoms with van der Waals surface area (Å²) in [6.07, 6.45) is 11.9. The number of hydrogen-bond donors (Lipinski definition) is 3. The Morgan fingerprint density at radius 3 is 2.71 bits per heavy atom. The number of carbonyl (C=O) groups excluding carboxylic acids is 2. The molecule has 2 aliphatic carbocycles. The average molecular weight is 492 g/mol. The highest BCUT2D eigenvalue weighted by Gasteiger charge is 2.28. The van der Waals surface area contributed by atoms with Crippen molar-refractivity contribution in [1.82, 2.24) is 20.6 Å². The van der Waals surface area contributed by atoms with Crippen LogP contribution in [0.25, 0.3) is 12.2 Å². The summed E-state index contributed by atoms with van der Waals surface area (Å²) in [6, 6.07) is 11.0. The molecule has 5 rings (SSSR count). The third-order valence-corrected chi connectivity index (χ3v) is 7.63. The van der Waals surface area contributed by atoms with Crippen molar-refractivity contribution in [2.75, 3.05) is 19.0 Å². The normalized spacial score (nSPS) is 27.1. The molecule has 1 saturated carbocycles. The maximum absolute atomic E-state index is 11.8. The van der Waals surface area contributed by atoms with Crippen LogP contribution in [0.4, 0.5) is 10.7 Å². The summed E-state index contributed by atoms with van der Waals surface area (Å²) in [5.41, 5.74) is 3.21.